The topological polar surface area (TPSA) is 98.9 Å². The van der Waals surface area contributed by atoms with Crippen molar-refractivity contribution in [1.29, 1.82) is 5.26 Å². The Hall–Kier alpha value is -2.16. The van der Waals surface area contributed by atoms with Gasteiger partial charge in [-0.1, -0.05) is 6.42 Å². The molecule has 1 aliphatic rings. The molecule has 88 valence electrons. The first-order valence-electron chi connectivity index (χ1n) is 5.37. The molecular weight excluding hydrogens is 220 g/mol. The molecule has 17 heavy (non-hydrogen) atoms. The Morgan fingerprint density at radius 1 is 1.65 bits per heavy atom. The van der Waals surface area contributed by atoms with Gasteiger partial charge in [0.1, 0.15) is 6.07 Å². The van der Waals surface area contributed by atoms with E-state index < -0.39 is 11.4 Å². The molecule has 6 nitrogen and oxygen atoms in total. The second kappa shape index (κ2) is 4.37. The van der Waals surface area contributed by atoms with Crippen LogP contribution < -0.4 is 5.32 Å². The average Bonchev–Trinajstić information content (AvgIpc) is 2.27. The van der Waals surface area contributed by atoms with E-state index in [1.165, 1.54) is 6.20 Å². The Morgan fingerprint density at radius 3 is 2.94 bits per heavy atom. The summed E-state index contributed by atoms with van der Waals surface area (Å²) < 4.78 is 0. The standard InChI is InChI=1S/C11H12N4O2/c12-6-8-2-5-14-15-9(8)13-7-11(10(16)17)3-1-4-11/h2,5H,1,3-4,7H2,(H,13,15)(H,16,17). The number of hydrogen-bond acceptors (Lipinski definition) is 5. The molecule has 0 unspecified atom stereocenters. The normalized spacial score (nSPS) is 16.6. The molecule has 1 aliphatic carbocycles. The molecule has 6 heteroatoms. The quantitative estimate of drug-likeness (QED) is 0.803. The van der Waals surface area contributed by atoms with Crippen molar-refractivity contribution in [2.24, 2.45) is 5.41 Å². The highest BCUT2D eigenvalue weighted by Gasteiger charge is 2.44. The molecule has 2 N–H and O–H groups in total. The zero-order chi connectivity index (χ0) is 12.3. The highest BCUT2D eigenvalue weighted by molar-refractivity contribution is 5.76. The number of nitriles is 1. The zero-order valence-electron chi connectivity index (χ0n) is 9.18. The maximum absolute atomic E-state index is 11.1. The molecule has 0 bridgehead atoms. The summed E-state index contributed by atoms with van der Waals surface area (Å²) in [5.41, 5.74) is -0.329. The van der Waals surface area contributed by atoms with E-state index in [-0.39, 0.29) is 6.54 Å². The van der Waals surface area contributed by atoms with Crippen molar-refractivity contribution in [2.45, 2.75) is 19.3 Å². The van der Waals surface area contributed by atoms with E-state index in [1.54, 1.807) is 6.07 Å². The van der Waals surface area contributed by atoms with Crippen LogP contribution in [0.3, 0.4) is 0 Å². The van der Waals surface area contributed by atoms with Crippen molar-refractivity contribution < 1.29 is 9.90 Å². The third kappa shape index (κ3) is 2.04. The number of hydrogen-bond donors (Lipinski definition) is 2. The van der Waals surface area contributed by atoms with Gasteiger partial charge in [0.15, 0.2) is 5.82 Å². The van der Waals surface area contributed by atoms with Crippen LogP contribution in [0.4, 0.5) is 5.82 Å². The number of nitrogens with one attached hydrogen (secondary N) is 1. The summed E-state index contributed by atoms with van der Waals surface area (Å²) in [5, 5.41) is 28.4. The van der Waals surface area contributed by atoms with Crippen LogP contribution in [-0.4, -0.2) is 27.8 Å². The summed E-state index contributed by atoms with van der Waals surface area (Å²) in [7, 11) is 0. The third-order valence-corrected chi connectivity index (χ3v) is 3.20. The molecule has 0 saturated heterocycles. The summed E-state index contributed by atoms with van der Waals surface area (Å²) >= 11 is 0. The van der Waals surface area contributed by atoms with Crippen LogP contribution in [0.1, 0.15) is 24.8 Å². The lowest BCUT2D eigenvalue weighted by atomic mass is 9.69. The highest BCUT2D eigenvalue weighted by Crippen LogP contribution is 2.41. The van der Waals surface area contributed by atoms with E-state index in [9.17, 15) is 4.79 Å². The van der Waals surface area contributed by atoms with Crippen LogP contribution in [0, 0.1) is 16.7 Å². The maximum Gasteiger partial charge on any atom is 0.311 e. The molecule has 1 fully saturated rings. The van der Waals surface area contributed by atoms with Crippen molar-refractivity contribution in [1.82, 2.24) is 10.2 Å². The fourth-order valence-electron chi connectivity index (χ4n) is 1.88. The number of aliphatic carboxylic acids is 1. The van der Waals surface area contributed by atoms with E-state index in [4.69, 9.17) is 10.4 Å². The van der Waals surface area contributed by atoms with Crippen LogP contribution in [0.25, 0.3) is 0 Å². The van der Waals surface area contributed by atoms with Gasteiger partial charge in [-0.05, 0) is 18.9 Å². The molecule has 1 saturated carbocycles. The molecule has 2 rings (SSSR count). The molecule has 0 spiro atoms. The van der Waals surface area contributed by atoms with E-state index in [1.807, 2.05) is 6.07 Å². The van der Waals surface area contributed by atoms with Crippen molar-refractivity contribution in [3.63, 3.8) is 0 Å². The SMILES string of the molecule is N#Cc1ccnnc1NCC1(C(=O)O)CCC1. The van der Waals surface area contributed by atoms with Gasteiger partial charge in [0.25, 0.3) is 0 Å². The molecular formula is C11H12N4O2. The Balaban J connectivity index is 2.07. The summed E-state index contributed by atoms with van der Waals surface area (Å²) in [5.74, 6) is -0.443. The number of nitrogens with zero attached hydrogens (tertiary/aromatic N) is 3. The minimum Gasteiger partial charge on any atom is -0.481 e. The first-order chi connectivity index (χ1) is 8.18. The fraction of sp³-hybridized carbons (Fsp3) is 0.455. The van der Waals surface area contributed by atoms with Gasteiger partial charge in [-0.15, -0.1) is 5.10 Å². The van der Waals surface area contributed by atoms with E-state index in [0.29, 0.717) is 24.2 Å². The predicted octanol–water partition coefficient (Wildman–Crippen LogP) is 1.02. The van der Waals surface area contributed by atoms with Crippen molar-refractivity contribution in [3.05, 3.63) is 17.8 Å². The van der Waals surface area contributed by atoms with Crippen molar-refractivity contribution in [2.75, 3.05) is 11.9 Å². The van der Waals surface area contributed by atoms with Gasteiger partial charge in [-0.3, -0.25) is 4.79 Å². The Bertz CT molecular complexity index is 477. The zero-order valence-corrected chi connectivity index (χ0v) is 9.18. The first-order valence-corrected chi connectivity index (χ1v) is 5.37. The lowest BCUT2D eigenvalue weighted by molar-refractivity contribution is -0.153. The molecule has 1 aromatic rings. The maximum atomic E-state index is 11.1. The number of carboxylic acids is 1. The van der Waals surface area contributed by atoms with Crippen LogP contribution >= 0.6 is 0 Å². The van der Waals surface area contributed by atoms with Gasteiger partial charge in [-0.25, -0.2) is 0 Å². The van der Waals surface area contributed by atoms with Crippen LogP contribution in [0.5, 0.6) is 0 Å². The molecule has 0 radical (unpaired) electrons. The van der Waals surface area contributed by atoms with Crippen molar-refractivity contribution in [3.8, 4) is 6.07 Å². The van der Waals surface area contributed by atoms with Gasteiger partial charge in [0.05, 0.1) is 17.2 Å². The van der Waals surface area contributed by atoms with Gasteiger partial charge in [-0.2, -0.15) is 10.4 Å². The molecule has 0 aromatic carbocycles. The van der Waals surface area contributed by atoms with E-state index in [2.05, 4.69) is 15.5 Å². The third-order valence-electron chi connectivity index (χ3n) is 3.20. The average molecular weight is 232 g/mol. The smallest absolute Gasteiger partial charge is 0.311 e. The molecule has 0 aliphatic heterocycles. The summed E-state index contributed by atoms with van der Waals surface area (Å²) in [6, 6.07) is 3.53. The van der Waals surface area contributed by atoms with Gasteiger partial charge >= 0.3 is 5.97 Å². The summed E-state index contributed by atoms with van der Waals surface area (Å²) in [4.78, 5) is 11.1. The molecule has 0 atom stereocenters. The number of carboxylic acid groups (broad SMARTS) is 1. The van der Waals surface area contributed by atoms with Gasteiger partial charge in [0, 0.05) is 6.54 Å². The number of rotatable bonds is 4. The number of carbonyl (C=O) groups is 1. The van der Waals surface area contributed by atoms with Gasteiger partial charge < -0.3 is 10.4 Å². The van der Waals surface area contributed by atoms with E-state index >= 15 is 0 Å². The van der Waals surface area contributed by atoms with Crippen molar-refractivity contribution >= 4 is 11.8 Å². The molecule has 0 amide bonds. The highest BCUT2D eigenvalue weighted by atomic mass is 16.4. The minimum absolute atomic E-state index is 0.287. The summed E-state index contributed by atoms with van der Waals surface area (Å²) in [6.07, 6.45) is 3.69. The largest absolute Gasteiger partial charge is 0.481 e. The number of aromatic nitrogens is 2. The Labute approximate surface area is 98.3 Å². The number of anilines is 1. The summed E-state index contributed by atoms with van der Waals surface area (Å²) in [6.45, 7) is 0.287. The van der Waals surface area contributed by atoms with Crippen LogP contribution in [0.2, 0.25) is 0 Å². The predicted molar refractivity (Wildman–Crippen MR) is 59.2 cm³/mol. The van der Waals surface area contributed by atoms with Gasteiger partial charge in [0.2, 0.25) is 0 Å². The van der Waals surface area contributed by atoms with Crippen LogP contribution in [-0.2, 0) is 4.79 Å². The second-order valence-corrected chi connectivity index (χ2v) is 4.20. The monoisotopic (exact) mass is 232 g/mol. The first kappa shape index (κ1) is 11.3. The lowest BCUT2D eigenvalue weighted by Gasteiger charge is -2.37. The molecule has 1 heterocycles. The van der Waals surface area contributed by atoms with Crippen LogP contribution in [0.15, 0.2) is 12.3 Å². The second-order valence-electron chi connectivity index (χ2n) is 4.20. The van der Waals surface area contributed by atoms with E-state index in [0.717, 1.165) is 6.42 Å². The fourth-order valence-corrected chi connectivity index (χ4v) is 1.88. The Morgan fingerprint density at radius 2 is 2.41 bits per heavy atom. The minimum atomic E-state index is -0.793. The Kier molecular flexibility index (Phi) is 2.91. The molecule has 1 aromatic heterocycles. The lowest BCUT2D eigenvalue weighted by Crippen LogP contribution is -2.43.